The number of methoxy groups -OCH3 is 1. The largest absolute Gasteiger partial charge is 0.453 e. The number of carbonyl (C=O) groups is 2. The van der Waals surface area contributed by atoms with E-state index in [0.717, 1.165) is 15.7 Å². The zero-order valence-electron chi connectivity index (χ0n) is 15.7. The molecular formula is C19H20BrN5O3. The van der Waals surface area contributed by atoms with E-state index in [0.29, 0.717) is 17.8 Å². The number of allylic oxidation sites excluding steroid dienone is 1. The smallest absolute Gasteiger partial charge is 0.411 e. The number of hydrogen-bond acceptors (Lipinski definition) is 5. The number of nitrogens with zero attached hydrogens (tertiary/aromatic N) is 3. The van der Waals surface area contributed by atoms with Gasteiger partial charge >= 0.3 is 6.09 Å². The van der Waals surface area contributed by atoms with Crippen LogP contribution in [0.1, 0.15) is 32.1 Å². The summed E-state index contributed by atoms with van der Waals surface area (Å²) >= 11 is 3.42. The molecule has 1 aliphatic heterocycles. The van der Waals surface area contributed by atoms with E-state index < -0.39 is 12.0 Å². The Hall–Kier alpha value is -2.94. The maximum absolute atomic E-state index is 13.0. The molecule has 2 heterocycles. The first-order valence-electron chi connectivity index (χ1n) is 8.60. The Kier molecular flexibility index (Phi) is 5.93. The van der Waals surface area contributed by atoms with Crippen LogP contribution in [0.15, 0.2) is 51.3 Å². The van der Waals surface area contributed by atoms with Crippen molar-refractivity contribution in [2.45, 2.75) is 26.3 Å². The van der Waals surface area contributed by atoms with Crippen molar-refractivity contribution in [2.75, 3.05) is 7.11 Å². The average molecular weight is 446 g/mol. The molecule has 28 heavy (non-hydrogen) atoms. The minimum atomic E-state index is -0.709. The molecule has 0 radical (unpaired) electrons. The quantitative estimate of drug-likeness (QED) is 0.699. The van der Waals surface area contributed by atoms with Gasteiger partial charge in [-0.05, 0) is 37.1 Å². The lowest BCUT2D eigenvalue weighted by Gasteiger charge is -2.22. The van der Waals surface area contributed by atoms with Crippen molar-refractivity contribution in [3.63, 3.8) is 0 Å². The zero-order chi connectivity index (χ0) is 20.3. The van der Waals surface area contributed by atoms with Gasteiger partial charge in [-0.15, -0.1) is 0 Å². The van der Waals surface area contributed by atoms with E-state index in [1.54, 1.807) is 26.3 Å². The van der Waals surface area contributed by atoms with E-state index in [4.69, 9.17) is 0 Å². The number of rotatable bonds is 4. The van der Waals surface area contributed by atoms with Gasteiger partial charge in [-0.25, -0.2) is 14.8 Å². The molecule has 0 aliphatic carbocycles. The summed E-state index contributed by atoms with van der Waals surface area (Å²) in [5.74, 6) is 0.195. The topological polar surface area (TPSA) is 99.7 Å². The number of halogens is 1. The molecule has 1 aliphatic rings. The van der Waals surface area contributed by atoms with Gasteiger partial charge in [0, 0.05) is 17.1 Å². The van der Waals surface area contributed by atoms with E-state index in [9.17, 15) is 9.59 Å². The molecule has 2 amide bonds. The molecule has 2 aromatic rings. The maximum Gasteiger partial charge on any atom is 0.411 e. The lowest BCUT2D eigenvalue weighted by Crippen LogP contribution is -2.37. The normalized spacial score (nSPS) is 15.4. The molecule has 3 rings (SSSR count). The average Bonchev–Trinajstić information content (AvgIpc) is 3.34. The standard InChI is InChI=1S/C19H20BrN5O3/c1-11(2)16(24-19(27)28-3)18(26)25-15(8-9-22-25)17-21-10-14(23-17)12-4-6-13(20)7-5-12/h4-7,9-10,15H,8H2,1-3H3,(H,21,23)(H,24,27)/t15-/m0/s1. The number of nitrogens with one attached hydrogen (secondary N) is 2. The van der Waals surface area contributed by atoms with Crippen molar-refractivity contribution in [1.82, 2.24) is 20.3 Å². The number of ether oxygens (including phenoxy) is 1. The van der Waals surface area contributed by atoms with Crippen LogP contribution in [0.5, 0.6) is 0 Å². The summed E-state index contributed by atoms with van der Waals surface area (Å²) in [6, 6.07) is 7.45. The summed E-state index contributed by atoms with van der Waals surface area (Å²) in [5.41, 5.74) is 2.61. The third-order valence-corrected chi connectivity index (χ3v) is 4.76. The molecule has 0 fully saturated rings. The minimum absolute atomic E-state index is 0.135. The minimum Gasteiger partial charge on any atom is -0.453 e. The zero-order valence-corrected chi connectivity index (χ0v) is 17.3. The molecule has 2 N–H and O–H groups in total. The highest BCUT2D eigenvalue weighted by Crippen LogP contribution is 2.29. The number of H-pyrrole nitrogens is 1. The Bertz CT molecular complexity index is 945. The van der Waals surface area contributed by atoms with E-state index in [1.165, 1.54) is 12.1 Å². The van der Waals surface area contributed by atoms with Crippen molar-refractivity contribution < 1.29 is 14.3 Å². The van der Waals surface area contributed by atoms with Gasteiger partial charge in [0.05, 0.1) is 19.0 Å². The molecule has 1 aromatic carbocycles. The highest BCUT2D eigenvalue weighted by atomic mass is 79.9. The van der Waals surface area contributed by atoms with Gasteiger partial charge in [-0.1, -0.05) is 28.1 Å². The lowest BCUT2D eigenvalue weighted by atomic mass is 10.1. The number of benzene rings is 1. The summed E-state index contributed by atoms with van der Waals surface area (Å²) in [7, 11) is 1.24. The molecule has 0 bridgehead atoms. The highest BCUT2D eigenvalue weighted by molar-refractivity contribution is 9.10. The van der Waals surface area contributed by atoms with Gasteiger partial charge in [0.1, 0.15) is 17.6 Å². The number of hydrazone groups is 1. The van der Waals surface area contributed by atoms with Crippen molar-refractivity contribution in [3.8, 4) is 11.3 Å². The van der Waals surface area contributed by atoms with Crippen LogP contribution in [0.2, 0.25) is 0 Å². The Morgan fingerprint density at radius 2 is 2.00 bits per heavy atom. The van der Waals surface area contributed by atoms with Crippen LogP contribution in [0, 0.1) is 0 Å². The fourth-order valence-corrected chi connectivity index (χ4v) is 3.04. The van der Waals surface area contributed by atoms with E-state index in [2.05, 4.69) is 41.1 Å². The first kappa shape index (κ1) is 19.8. The summed E-state index contributed by atoms with van der Waals surface area (Å²) in [6.07, 6.45) is 3.20. The molecule has 146 valence electrons. The number of carbonyl (C=O) groups excluding carboxylic acids is 2. The summed E-state index contributed by atoms with van der Waals surface area (Å²) in [4.78, 5) is 32.3. The second kappa shape index (κ2) is 8.39. The van der Waals surface area contributed by atoms with Crippen LogP contribution in [-0.4, -0.2) is 40.3 Å². The Morgan fingerprint density at radius 3 is 2.64 bits per heavy atom. The van der Waals surface area contributed by atoms with Crippen LogP contribution < -0.4 is 5.32 Å². The van der Waals surface area contributed by atoms with Gasteiger partial charge in [-0.2, -0.15) is 5.10 Å². The van der Waals surface area contributed by atoms with Crippen LogP contribution in [-0.2, 0) is 9.53 Å². The van der Waals surface area contributed by atoms with Gasteiger partial charge in [0.2, 0.25) is 0 Å². The Morgan fingerprint density at radius 1 is 1.29 bits per heavy atom. The van der Waals surface area contributed by atoms with E-state index in [-0.39, 0.29) is 11.7 Å². The van der Waals surface area contributed by atoms with Gasteiger partial charge in [0.25, 0.3) is 5.91 Å². The van der Waals surface area contributed by atoms with Crippen LogP contribution in [0.25, 0.3) is 11.3 Å². The van der Waals surface area contributed by atoms with Crippen molar-refractivity contribution in [3.05, 3.63) is 52.0 Å². The monoisotopic (exact) mass is 445 g/mol. The van der Waals surface area contributed by atoms with E-state index >= 15 is 0 Å². The first-order chi connectivity index (χ1) is 13.4. The number of aromatic nitrogens is 2. The molecule has 0 spiro atoms. The Labute approximate surface area is 170 Å². The molecule has 0 unspecified atom stereocenters. The highest BCUT2D eigenvalue weighted by Gasteiger charge is 2.33. The third kappa shape index (κ3) is 4.14. The molecule has 9 heteroatoms. The third-order valence-electron chi connectivity index (χ3n) is 4.23. The fourth-order valence-electron chi connectivity index (χ4n) is 2.78. The summed E-state index contributed by atoms with van der Waals surface area (Å²) in [5, 5.41) is 7.98. The van der Waals surface area contributed by atoms with Gasteiger partial charge in [-0.3, -0.25) is 10.1 Å². The van der Waals surface area contributed by atoms with Crippen molar-refractivity contribution in [1.29, 1.82) is 0 Å². The van der Waals surface area contributed by atoms with Crippen molar-refractivity contribution >= 4 is 34.1 Å². The van der Waals surface area contributed by atoms with Crippen molar-refractivity contribution in [2.24, 2.45) is 5.10 Å². The number of imidazole rings is 1. The lowest BCUT2D eigenvalue weighted by molar-refractivity contribution is -0.129. The number of hydrogen-bond donors (Lipinski definition) is 2. The molecule has 0 saturated heterocycles. The SMILES string of the molecule is COC(=O)NC(C(=O)N1N=CC[C@H]1c1ncc(-c2ccc(Br)cc2)[nH]1)=C(C)C. The maximum atomic E-state index is 13.0. The number of amides is 2. The van der Waals surface area contributed by atoms with E-state index in [1.807, 2.05) is 24.3 Å². The number of aromatic amines is 1. The molecule has 0 saturated carbocycles. The fraction of sp³-hybridized carbons (Fsp3) is 0.263. The van der Waals surface area contributed by atoms with Gasteiger partial charge in [0.15, 0.2) is 0 Å². The Balaban J connectivity index is 1.83. The van der Waals surface area contributed by atoms with Crippen LogP contribution in [0.3, 0.4) is 0 Å². The predicted octanol–water partition coefficient (Wildman–Crippen LogP) is 3.75. The van der Waals surface area contributed by atoms with Crippen LogP contribution in [0.4, 0.5) is 4.79 Å². The molecule has 8 nitrogen and oxygen atoms in total. The summed E-state index contributed by atoms with van der Waals surface area (Å²) in [6.45, 7) is 3.47. The second-order valence-electron chi connectivity index (χ2n) is 6.38. The predicted molar refractivity (Wildman–Crippen MR) is 108 cm³/mol. The van der Waals surface area contributed by atoms with Crippen LogP contribution >= 0.6 is 15.9 Å². The molecule has 1 atom stereocenters. The number of alkyl carbamates (subject to hydrolysis) is 1. The first-order valence-corrected chi connectivity index (χ1v) is 9.39. The summed E-state index contributed by atoms with van der Waals surface area (Å²) < 4.78 is 5.59. The molecular weight excluding hydrogens is 426 g/mol. The second-order valence-corrected chi connectivity index (χ2v) is 7.30. The molecule has 1 aromatic heterocycles. The van der Waals surface area contributed by atoms with Gasteiger partial charge < -0.3 is 9.72 Å².